The minimum atomic E-state index is -1.02. The second-order valence-corrected chi connectivity index (χ2v) is 5.27. The molecule has 0 bridgehead atoms. The number of carboxylic acid groups (broad SMARTS) is 1. The second-order valence-electron chi connectivity index (χ2n) is 5.27. The number of aliphatic carboxylic acids is 1. The Hall–Kier alpha value is -2.04. The summed E-state index contributed by atoms with van der Waals surface area (Å²) in [5.74, 6) is -1.19. The van der Waals surface area contributed by atoms with Crippen molar-refractivity contribution in [1.82, 2.24) is 10.6 Å². The zero-order chi connectivity index (χ0) is 15.1. The molecule has 0 aliphatic carbocycles. The highest BCUT2D eigenvalue weighted by Crippen LogP contribution is 2.04. The van der Waals surface area contributed by atoms with E-state index in [1.54, 1.807) is 13.8 Å². The molecule has 5 heteroatoms. The van der Waals surface area contributed by atoms with Gasteiger partial charge in [0.2, 0.25) is 0 Å². The maximum Gasteiger partial charge on any atom is 0.326 e. The SMILES string of the molecule is CC(Cc1ccccc1)NC(=O)NC(C(=O)O)C(C)C. The fraction of sp³-hybridized carbons (Fsp3) is 0.467. The van der Waals surface area contributed by atoms with E-state index in [4.69, 9.17) is 5.11 Å². The highest BCUT2D eigenvalue weighted by atomic mass is 16.4. The molecule has 0 saturated heterocycles. The van der Waals surface area contributed by atoms with E-state index in [2.05, 4.69) is 10.6 Å². The van der Waals surface area contributed by atoms with Crippen LogP contribution in [0, 0.1) is 5.92 Å². The van der Waals surface area contributed by atoms with Crippen molar-refractivity contribution >= 4 is 12.0 Å². The molecule has 3 N–H and O–H groups in total. The van der Waals surface area contributed by atoms with Crippen LogP contribution in [0.15, 0.2) is 30.3 Å². The van der Waals surface area contributed by atoms with E-state index in [-0.39, 0.29) is 12.0 Å². The molecular formula is C15H22N2O3. The van der Waals surface area contributed by atoms with E-state index in [0.717, 1.165) is 5.56 Å². The van der Waals surface area contributed by atoms with Crippen molar-refractivity contribution in [3.05, 3.63) is 35.9 Å². The number of carbonyl (C=O) groups is 2. The quantitative estimate of drug-likeness (QED) is 0.745. The van der Waals surface area contributed by atoms with E-state index < -0.39 is 18.0 Å². The number of nitrogens with one attached hydrogen (secondary N) is 2. The highest BCUT2D eigenvalue weighted by Gasteiger charge is 2.23. The van der Waals surface area contributed by atoms with Crippen LogP contribution >= 0.6 is 0 Å². The number of carbonyl (C=O) groups excluding carboxylic acids is 1. The number of hydrogen-bond donors (Lipinski definition) is 3. The third kappa shape index (κ3) is 5.30. The van der Waals surface area contributed by atoms with E-state index in [0.29, 0.717) is 6.42 Å². The minimum Gasteiger partial charge on any atom is -0.480 e. The van der Waals surface area contributed by atoms with Gasteiger partial charge < -0.3 is 15.7 Å². The molecule has 0 aliphatic heterocycles. The second kappa shape index (κ2) is 7.53. The van der Waals surface area contributed by atoms with Crippen molar-refractivity contribution in [2.75, 3.05) is 0 Å². The first-order chi connectivity index (χ1) is 9.40. The average Bonchev–Trinajstić information content (AvgIpc) is 2.36. The van der Waals surface area contributed by atoms with Gasteiger partial charge in [0.1, 0.15) is 6.04 Å². The van der Waals surface area contributed by atoms with Gasteiger partial charge in [-0.3, -0.25) is 0 Å². The molecule has 0 fully saturated rings. The van der Waals surface area contributed by atoms with Gasteiger partial charge >= 0.3 is 12.0 Å². The van der Waals surface area contributed by atoms with Gasteiger partial charge in [0.05, 0.1) is 0 Å². The summed E-state index contributed by atoms with van der Waals surface area (Å²) in [7, 11) is 0. The van der Waals surface area contributed by atoms with Gasteiger partial charge in [0.25, 0.3) is 0 Å². The molecule has 0 saturated carbocycles. The number of carboxylic acids is 1. The van der Waals surface area contributed by atoms with Crippen LogP contribution in [-0.2, 0) is 11.2 Å². The molecule has 1 aromatic rings. The first-order valence-electron chi connectivity index (χ1n) is 6.74. The van der Waals surface area contributed by atoms with Gasteiger partial charge in [-0.25, -0.2) is 9.59 Å². The molecule has 2 atom stereocenters. The van der Waals surface area contributed by atoms with Crippen molar-refractivity contribution in [2.45, 2.75) is 39.3 Å². The Morgan fingerprint density at radius 2 is 1.70 bits per heavy atom. The number of amides is 2. The summed E-state index contributed by atoms with van der Waals surface area (Å²) in [4.78, 5) is 22.8. The Morgan fingerprint density at radius 3 is 2.20 bits per heavy atom. The third-order valence-corrected chi connectivity index (χ3v) is 2.98. The lowest BCUT2D eigenvalue weighted by molar-refractivity contribution is -0.140. The number of hydrogen-bond acceptors (Lipinski definition) is 2. The first-order valence-corrected chi connectivity index (χ1v) is 6.74. The zero-order valence-electron chi connectivity index (χ0n) is 12.1. The van der Waals surface area contributed by atoms with Crippen molar-refractivity contribution in [3.8, 4) is 0 Å². The predicted molar refractivity (Wildman–Crippen MR) is 77.5 cm³/mol. The summed E-state index contributed by atoms with van der Waals surface area (Å²) < 4.78 is 0. The van der Waals surface area contributed by atoms with E-state index in [9.17, 15) is 9.59 Å². The molecular weight excluding hydrogens is 256 g/mol. The first kappa shape index (κ1) is 16.0. The topological polar surface area (TPSA) is 78.4 Å². The summed E-state index contributed by atoms with van der Waals surface area (Å²) in [5, 5.41) is 14.3. The summed E-state index contributed by atoms with van der Waals surface area (Å²) >= 11 is 0. The molecule has 0 aliphatic rings. The number of urea groups is 1. The molecule has 20 heavy (non-hydrogen) atoms. The number of benzene rings is 1. The Labute approximate surface area is 119 Å². The normalized spacial score (nSPS) is 13.6. The standard InChI is InChI=1S/C15H22N2O3/c1-10(2)13(14(18)19)17-15(20)16-11(3)9-12-7-5-4-6-8-12/h4-8,10-11,13H,9H2,1-3H3,(H,18,19)(H2,16,17,20). The van der Waals surface area contributed by atoms with E-state index in [1.807, 2.05) is 37.3 Å². The maximum absolute atomic E-state index is 11.8. The van der Waals surface area contributed by atoms with Gasteiger partial charge in [-0.05, 0) is 24.8 Å². The predicted octanol–water partition coefficient (Wildman–Crippen LogP) is 2.03. The van der Waals surface area contributed by atoms with Gasteiger partial charge in [-0.15, -0.1) is 0 Å². The molecule has 0 radical (unpaired) electrons. The van der Waals surface area contributed by atoms with Crippen LogP contribution in [0.3, 0.4) is 0 Å². The Kier molecular flexibility index (Phi) is 6.03. The van der Waals surface area contributed by atoms with Crippen LogP contribution in [0.25, 0.3) is 0 Å². The maximum atomic E-state index is 11.8. The van der Waals surface area contributed by atoms with Gasteiger partial charge in [0, 0.05) is 6.04 Å². The minimum absolute atomic E-state index is 0.0704. The van der Waals surface area contributed by atoms with Gasteiger partial charge in [0.15, 0.2) is 0 Å². The molecule has 0 spiro atoms. The van der Waals surface area contributed by atoms with Crippen molar-refractivity contribution in [3.63, 3.8) is 0 Å². The summed E-state index contributed by atoms with van der Waals surface area (Å²) in [6.07, 6.45) is 0.702. The largest absolute Gasteiger partial charge is 0.480 e. The molecule has 110 valence electrons. The van der Waals surface area contributed by atoms with Crippen molar-refractivity contribution in [1.29, 1.82) is 0 Å². The zero-order valence-corrected chi connectivity index (χ0v) is 12.1. The Bertz CT molecular complexity index is 446. The fourth-order valence-electron chi connectivity index (χ4n) is 1.94. The van der Waals surface area contributed by atoms with Gasteiger partial charge in [-0.2, -0.15) is 0 Å². The van der Waals surface area contributed by atoms with Crippen molar-refractivity contribution in [2.24, 2.45) is 5.92 Å². The van der Waals surface area contributed by atoms with Gasteiger partial charge in [-0.1, -0.05) is 44.2 Å². The van der Waals surface area contributed by atoms with Crippen LogP contribution in [-0.4, -0.2) is 29.2 Å². The lowest BCUT2D eigenvalue weighted by Gasteiger charge is -2.20. The van der Waals surface area contributed by atoms with Crippen LogP contribution in [0.2, 0.25) is 0 Å². The van der Waals surface area contributed by atoms with Crippen LogP contribution in [0.4, 0.5) is 4.79 Å². The molecule has 5 nitrogen and oxygen atoms in total. The van der Waals surface area contributed by atoms with E-state index >= 15 is 0 Å². The molecule has 1 aromatic carbocycles. The molecule has 1 rings (SSSR count). The smallest absolute Gasteiger partial charge is 0.326 e. The summed E-state index contributed by atoms with van der Waals surface area (Å²) in [6, 6.07) is 8.42. The molecule has 0 heterocycles. The molecule has 2 amide bonds. The van der Waals surface area contributed by atoms with Crippen LogP contribution in [0.1, 0.15) is 26.3 Å². The Balaban J connectivity index is 2.47. The summed E-state index contributed by atoms with van der Waals surface area (Å²) in [6.45, 7) is 5.40. The lowest BCUT2D eigenvalue weighted by Crippen LogP contribution is -2.50. The highest BCUT2D eigenvalue weighted by molar-refractivity contribution is 5.82. The fourth-order valence-corrected chi connectivity index (χ4v) is 1.94. The van der Waals surface area contributed by atoms with Crippen molar-refractivity contribution < 1.29 is 14.7 Å². The molecule has 0 aromatic heterocycles. The third-order valence-electron chi connectivity index (χ3n) is 2.98. The van der Waals surface area contributed by atoms with E-state index in [1.165, 1.54) is 0 Å². The monoisotopic (exact) mass is 278 g/mol. The molecule has 2 unspecified atom stereocenters. The van der Waals surface area contributed by atoms with Crippen LogP contribution < -0.4 is 10.6 Å². The lowest BCUT2D eigenvalue weighted by atomic mass is 10.1. The Morgan fingerprint density at radius 1 is 1.10 bits per heavy atom. The summed E-state index contributed by atoms with van der Waals surface area (Å²) in [5.41, 5.74) is 1.12. The average molecular weight is 278 g/mol. The number of rotatable bonds is 6. The van der Waals surface area contributed by atoms with Crippen LogP contribution in [0.5, 0.6) is 0 Å².